The molecule has 0 fully saturated rings. The van der Waals surface area contributed by atoms with Crippen LogP contribution in [0.25, 0.3) is 10.8 Å². The van der Waals surface area contributed by atoms with Crippen LogP contribution in [0.4, 0.5) is 0 Å². The van der Waals surface area contributed by atoms with E-state index in [9.17, 15) is 4.79 Å². The van der Waals surface area contributed by atoms with Crippen LogP contribution in [-0.4, -0.2) is 19.7 Å². The third-order valence-electron chi connectivity index (χ3n) is 5.00. The van der Waals surface area contributed by atoms with Crippen LogP contribution in [0.3, 0.4) is 0 Å². The minimum atomic E-state index is -0.513. The van der Waals surface area contributed by atoms with Crippen molar-refractivity contribution in [3.63, 3.8) is 0 Å². The van der Waals surface area contributed by atoms with Crippen molar-refractivity contribution < 1.29 is 19.0 Å². The lowest BCUT2D eigenvalue weighted by molar-refractivity contribution is -0.139. The smallest absolute Gasteiger partial charge is 0.340 e. The number of ether oxygens (including phenoxy) is 3. The lowest BCUT2D eigenvalue weighted by Gasteiger charge is -2.29. The molecule has 0 amide bonds. The minimum absolute atomic E-state index is 0.0317. The Balaban J connectivity index is 1.98. The highest BCUT2D eigenvalue weighted by Gasteiger charge is 2.36. The van der Waals surface area contributed by atoms with Crippen LogP contribution in [-0.2, 0) is 9.53 Å². The number of halogens is 1. The van der Waals surface area contributed by atoms with Crippen LogP contribution < -0.4 is 15.2 Å². The second-order valence-corrected chi connectivity index (χ2v) is 7.04. The van der Waals surface area contributed by atoms with Crippen LogP contribution in [0.5, 0.6) is 11.5 Å². The molecule has 0 saturated carbocycles. The molecule has 6 heteroatoms. The molecule has 0 spiro atoms. The van der Waals surface area contributed by atoms with Gasteiger partial charge in [-0.15, -0.1) is 0 Å². The lowest BCUT2D eigenvalue weighted by atomic mass is 9.82. The number of benzene rings is 3. The maximum absolute atomic E-state index is 12.8. The van der Waals surface area contributed by atoms with Gasteiger partial charge in [-0.05, 0) is 30.7 Å². The molecule has 3 aromatic rings. The molecule has 1 aliphatic rings. The van der Waals surface area contributed by atoms with Gasteiger partial charge >= 0.3 is 5.97 Å². The Hall–Kier alpha value is -3.18. The van der Waals surface area contributed by atoms with Gasteiger partial charge < -0.3 is 19.9 Å². The van der Waals surface area contributed by atoms with E-state index in [1.165, 1.54) is 0 Å². The van der Waals surface area contributed by atoms with Gasteiger partial charge in [0, 0.05) is 21.4 Å². The lowest BCUT2D eigenvalue weighted by Crippen LogP contribution is -2.27. The van der Waals surface area contributed by atoms with E-state index in [2.05, 4.69) is 0 Å². The first-order valence-electron chi connectivity index (χ1n) is 9.24. The quantitative estimate of drug-likeness (QED) is 0.629. The van der Waals surface area contributed by atoms with E-state index in [4.69, 9.17) is 31.5 Å². The Bertz CT molecular complexity index is 1120. The summed E-state index contributed by atoms with van der Waals surface area (Å²) in [5, 5.41) is 2.26. The molecule has 3 aromatic carbocycles. The zero-order valence-corrected chi connectivity index (χ0v) is 16.8. The largest absolute Gasteiger partial charge is 0.497 e. The van der Waals surface area contributed by atoms with Crippen molar-refractivity contribution in [3.05, 3.63) is 82.2 Å². The van der Waals surface area contributed by atoms with Crippen LogP contribution >= 0.6 is 11.6 Å². The van der Waals surface area contributed by atoms with Gasteiger partial charge in [0.1, 0.15) is 17.1 Å². The fraction of sp³-hybridized carbons (Fsp3) is 0.174. The maximum atomic E-state index is 12.8. The summed E-state index contributed by atoms with van der Waals surface area (Å²) in [7, 11) is 1.60. The van der Waals surface area contributed by atoms with Gasteiger partial charge in [-0.25, -0.2) is 4.79 Å². The molecule has 0 bridgehead atoms. The number of nitrogens with two attached hydrogens (primary N) is 1. The van der Waals surface area contributed by atoms with Crippen molar-refractivity contribution in [3.8, 4) is 11.5 Å². The molecule has 1 unspecified atom stereocenters. The minimum Gasteiger partial charge on any atom is -0.497 e. The van der Waals surface area contributed by atoms with Crippen molar-refractivity contribution in [2.75, 3.05) is 13.7 Å². The van der Waals surface area contributed by atoms with E-state index in [-0.39, 0.29) is 18.1 Å². The zero-order valence-electron chi connectivity index (χ0n) is 16.1. The van der Waals surface area contributed by atoms with Crippen molar-refractivity contribution in [2.45, 2.75) is 12.8 Å². The highest BCUT2D eigenvalue weighted by atomic mass is 35.5. The molecule has 0 aromatic heterocycles. The molecule has 1 aliphatic heterocycles. The van der Waals surface area contributed by atoms with E-state index in [1.807, 2.05) is 54.6 Å². The summed E-state index contributed by atoms with van der Waals surface area (Å²) >= 11 is 6.58. The Morgan fingerprint density at radius 3 is 2.48 bits per heavy atom. The van der Waals surface area contributed by atoms with Gasteiger partial charge in [-0.3, -0.25) is 0 Å². The summed E-state index contributed by atoms with van der Waals surface area (Å²) < 4.78 is 16.5. The SMILES string of the molecule is CCOC(=O)C1=C(N)Oc2c(cc(Cl)c3ccccc23)C1c1ccc(OC)cc1. The van der Waals surface area contributed by atoms with E-state index in [0.29, 0.717) is 16.5 Å². The van der Waals surface area contributed by atoms with Crippen LogP contribution in [0.2, 0.25) is 5.02 Å². The molecule has 4 rings (SSSR count). The first-order valence-corrected chi connectivity index (χ1v) is 9.62. The summed E-state index contributed by atoms with van der Waals surface area (Å²) in [5.74, 6) is 0.347. The van der Waals surface area contributed by atoms with Gasteiger partial charge in [-0.1, -0.05) is 48.0 Å². The van der Waals surface area contributed by atoms with E-state index < -0.39 is 11.9 Å². The maximum Gasteiger partial charge on any atom is 0.340 e. The molecule has 2 N–H and O–H groups in total. The summed E-state index contributed by atoms with van der Waals surface area (Å²) in [6, 6.07) is 17.0. The molecular formula is C23H20ClNO4. The molecule has 0 saturated heterocycles. The number of hydrogen-bond acceptors (Lipinski definition) is 5. The predicted octanol–water partition coefficient (Wildman–Crippen LogP) is 4.76. The number of esters is 1. The Kier molecular flexibility index (Phi) is 5.07. The Morgan fingerprint density at radius 2 is 1.83 bits per heavy atom. The highest BCUT2D eigenvalue weighted by molar-refractivity contribution is 6.36. The van der Waals surface area contributed by atoms with Gasteiger partial charge in [0.2, 0.25) is 5.88 Å². The standard InChI is InChI=1S/C23H20ClNO4/c1-3-28-23(26)20-19(13-8-10-14(27-2)11-9-13)17-12-18(24)15-6-4-5-7-16(15)21(17)29-22(20)25/h4-12,19H,3,25H2,1-2H3. The van der Waals surface area contributed by atoms with Gasteiger partial charge in [0.25, 0.3) is 0 Å². The second-order valence-electron chi connectivity index (χ2n) is 6.63. The van der Waals surface area contributed by atoms with Crippen molar-refractivity contribution in [2.24, 2.45) is 5.73 Å². The fourth-order valence-electron chi connectivity index (χ4n) is 3.69. The summed E-state index contributed by atoms with van der Waals surface area (Å²) in [6.45, 7) is 1.98. The number of hydrogen-bond donors (Lipinski definition) is 1. The number of carbonyl (C=O) groups excluding carboxylic acids is 1. The van der Waals surface area contributed by atoms with Gasteiger partial charge in [0.05, 0.1) is 19.6 Å². The van der Waals surface area contributed by atoms with Crippen molar-refractivity contribution >= 4 is 28.3 Å². The molecular weight excluding hydrogens is 390 g/mol. The Labute approximate surface area is 173 Å². The number of rotatable bonds is 4. The van der Waals surface area contributed by atoms with Crippen LogP contribution in [0.15, 0.2) is 66.1 Å². The fourth-order valence-corrected chi connectivity index (χ4v) is 3.97. The normalized spacial score (nSPS) is 15.6. The summed E-state index contributed by atoms with van der Waals surface area (Å²) in [4.78, 5) is 12.8. The van der Waals surface area contributed by atoms with E-state index >= 15 is 0 Å². The van der Waals surface area contributed by atoms with E-state index in [0.717, 1.165) is 21.9 Å². The van der Waals surface area contributed by atoms with Crippen molar-refractivity contribution in [1.82, 2.24) is 0 Å². The number of methoxy groups -OCH3 is 1. The topological polar surface area (TPSA) is 70.8 Å². The Morgan fingerprint density at radius 1 is 1.14 bits per heavy atom. The third-order valence-corrected chi connectivity index (χ3v) is 5.31. The average Bonchev–Trinajstić information content (AvgIpc) is 2.74. The highest BCUT2D eigenvalue weighted by Crippen LogP contribution is 2.47. The van der Waals surface area contributed by atoms with E-state index in [1.54, 1.807) is 14.0 Å². The number of carbonyl (C=O) groups is 1. The monoisotopic (exact) mass is 409 g/mol. The number of fused-ring (bicyclic) bond motifs is 3. The summed E-state index contributed by atoms with van der Waals surface area (Å²) in [5.41, 5.74) is 8.11. The molecule has 1 heterocycles. The zero-order chi connectivity index (χ0) is 20.5. The van der Waals surface area contributed by atoms with Gasteiger partial charge in [0.15, 0.2) is 0 Å². The molecule has 5 nitrogen and oxygen atoms in total. The molecule has 1 atom stereocenters. The predicted molar refractivity (Wildman–Crippen MR) is 112 cm³/mol. The average molecular weight is 410 g/mol. The van der Waals surface area contributed by atoms with Crippen LogP contribution in [0, 0.1) is 0 Å². The van der Waals surface area contributed by atoms with Crippen molar-refractivity contribution in [1.29, 1.82) is 0 Å². The second kappa shape index (κ2) is 7.68. The first-order chi connectivity index (χ1) is 14.0. The van der Waals surface area contributed by atoms with Crippen LogP contribution in [0.1, 0.15) is 24.0 Å². The molecule has 0 aliphatic carbocycles. The molecule has 0 radical (unpaired) electrons. The third kappa shape index (κ3) is 3.28. The van der Waals surface area contributed by atoms with Gasteiger partial charge in [-0.2, -0.15) is 0 Å². The summed E-state index contributed by atoms with van der Waals surface area (Å²) in [6.07, 6.45) is 0. The molecule has 29 heavy (non-hydrogen) atoms. The molecule has 148 valence electrons. The first kappa shape index (κ1) is 19.2.